The molecule has 2 aliphatic carbocycles. The van der Waals surface area contributed by atoms with Gasteiger partial charge in [0.25, 0.3) is 0 Å². The number of carbonyl (C=O) groups is 1. The Morgan fingerprint density at radius 2 is 1.47 bits per heavy atom. The van der Waals surface area contributed by atoms with Gasteiger partial charge in [0.1, 0.15) is 0 Å². The first-order chi connectivity index (χ1) is 21.0. The topological polar surface area (TPSA) is 33.2 Å². The van der Waals surface area contributed by atoms with Crippen molar-refractivity contribution in [2.24, 2.45) is 0 Å². The number of pyridine rings is 1. The first-order valence-corrected chi connectivity index (χ1v) is 17.3. The number of hydrogen-bond donors (Lipinski definition) is 0. The summed E-state index contributed by atoms with van der Waals surface area (Å²) in [5.41, 5.74) is 9.75. The molecule has 3 aliphatic rings. The minimum absolute atomic E-state index is 0.0872. The van der Waals surface area contributed by atoms with Crippen molar-refractivity contribution in [2.45, 2.75) is 89.4 Å². The molecule has 0 bridgehead atoms. The monoisotopic (exact) mass is 636 g/mol. The van der Waals surface area contributed by atoms with Gasteiger partial charge in [-0.15, -0.1) is 0 Å². The number of benzene rings is 2. The lowest BCUT2D eigenvalue weighted by Gasteiger charge is -2.33. The summed E-state index contributed by atoms with van der Waals surface area (Å²) in [7, 11) is 0. The van der Waals surface area contributed by atoms with E-state index in [9.17, 15) is 4.79 Å². The van der Waals surface area contributed by atoms with Crippen molar-refractivity contribution in [3.8, 4) is 0 Å². The van der Waals surface area contributed by atoms with E-state index in [4.69, 9.17) is 4.98 Å². The van der Waals surface area contributed by atoms with Gasteiger partial charge in [-0.3, -0.25) is 14.7 Å². The number of fused-ring (bicyclic) bond motifs is 1. The third-order valence-electron chi connectivity index (χ3n) is 10.2. The molecule has 4 heteroatoms. The number of halogens is 1. The summed E-state index contributed by atoms with van der Waals surface area (Å²) in [4.78, 5) is 20.5. The molecule has 0 radical (unpaired) electrons. The molecular weight excluding hydrogens is 592 g/mol. The van der Waals surface area contributed by atoms with Crippen LogP contribution in [-0.4, -0.2) is 35.3 Å². The van der Waals surface area contributed by atoms with Crippen LogP contribution in [0.2, 0.25) is 0 Å². The molecule has 1 aliphatic heterocycles. The lowest BCUT2D eigenvalue weighted by Crippen LogP contribution is -2.34. The Labute approximate surface area is 266 Å². The van der Waals surface area contributed by atoms with Gasteiger partial charge < -0.3 is 0 Å². The highest BCUT2D eigenvalue weighted by atomic mass is 79.9. The van der Waals surface area contributed by atoms with Gasteiger partial charge in [-0.2, -0.15) is 0 Å². The van der Waals surface area contributed by atoms with Gasteiger partial charge in [-0.25, -0.2) is 0 Å². The molecule has 3 nitrogen and oxygen atoms in total. The zero-order valence-electron chi connectivity index (χ0n) is 25.8. The number of aromatic nitrogens is 1. The predicted octanol–water partition coefficient (Wildman–Crippen LogP) is 10.3. The molecule has 2 heterocycles. The number of carbonyl (C=O) groups excluding carboxylic acids is 1. The average Bonchev–Trinajstić information content (AvgIpc) is 3.19. The summed E-state index contributed by atoms with van der Waals surface area (Å²) < 4.78 is 1.15. The number of nitrogens with zero attached hydrogens (tertiary/aromatic N) is 2. The minimum atomic E-state index is 0.0872. The Kier molecular flexibility index (Phi) is 9.74. The van der Waals surface area contributed by atoms with Crippen LogP contribution in [0.3, 0.4) is 0 Å². The Hall–Kier alpha value is -2.82. The van der Waals surface area contributed by atoms with Crippen LogP contribution in [0.25, 0.3) is 11.6 Å². The maximum absolute atomic E-state index is 13.1. The van der Waals surface area contributed by atoms with Crippen LogP contribution >= 0.6 is 15.9 Å². The molecule has 2 fully saturated rings. The molecule has 1 unspecified atom stereocenters. The normalized spacial score (nSPS) is 20.5. The summed E-state index contributed by atoms with van der Waals surface area (Å²) in [5.74, 6) is 1.77. The van der Waals surface area contributed by atoms with Crippen LogP contribution in [0.15, 0.2) is 76.9 Å². The summed E-state index contributed by atoms with van der Waals surface area (Å²) in [6.45, 7) is 7.55. The third kappa shape index (κ3) is 6.97. The quantitative estimate of drug-likeness (QED) is 0.140. The lowest BCUT2D eigenvalue weighted by atomic mass is 9.88. The molecule has 0 N–H and O–H groups in total. The van der Waals surface area contributed by atoms with E-state index in [1.807, 2.05) is 30.5 Å². The van der Waals surface area contributed by atoms with Crippen LogP contribution in [0.4, 0.5) is 0 Å². The molecule has 2 aromatic carbocycles. The van der Waals surface area contributed by atoms with E-state index in [0.29, 0.717) is 17.8 Å². The molecule has 6 rings (SSSR count). The van der Waals surface area contributed by atoms with E-state index < -0.39 is 0 Å². The van der Waals surface area contributed by atoms with Crippen LogP contribution in [0.5, 0.6) is 0 Å². The molecule has 0 amide bonds. The van der Waals surface area contributed by atoms with Crippen molar-refractivity contribution in [1.82, 2.24) is 9.88 Å². The predicted molar refractivity (Wildman–Crippen MR) is 183 cm³/mol. The number of rotatable bonds is 8. The summed E-state index contributed by atoms with van der Waals surface area (Å²) in [6.07, 6.45) is 17.6. The second kappa shape index (κ2) is 13.9. The molecule has 1 saturated carbocycles. The Bertz CT molecular complexity index is 1470. The second-order valence-corrected chi connectivity index (χ2v) is 13.8. The van der Waals surface area contributed by atoms with E-state index in [2.05, 4.69) is 77.2 Å². The zero-order valence-corrected chi connectivity index (χ0v) is 27.4. The Morgan fingerprint density at radius 3 is 2.09 bits per heavy atom. The van der Waals surface area contributed by atoms with Gasteiger partial charge in [0.15, 0.2) is 5.78 Å². The van der Waals surface area contributed by atoms with Crippen LogP contribution in [-0.2, 0) is 0 Å². The summed E-state index contributed by atoms with van der Waals surface area (Å²) in [5, 5.41) is 0. The molecule has 1 saturated heterocycles. The van der Waals surface area contributed by atoms with Crippen LogP contribution in [0, 0.1) is 0 Å². The maximum atomic E-state index is 13.1. The highest BCUT2D eigenvalue weighted by molar-refractivity contribution is 9.10. The summed E-state index contributed by atoms with van der Waals surface area (Å²) >= 11 is 3.72. The fourth-order valence-corrected chi connectivity index (χ4v) is 7.99. The standard InChI is InChI=1S/C39H45BrN2O/c1-3-35-34(25-36-37(40)18-21-41-39(35)36)26-42-22-19-32(20-23-42)31-14-16-33(17-15-31)38(43)24-27(2)28-10-12-30(13-11-28)29-8-6-4-5-7-9-29/h10-18,21,24-25,29,32,35H,3-9,19-20,22-23,26H2,1-2H3. The Morgan fingerprint density at radius 1 is 0.860 bits per heavy atom. The van der Waals surface area contributed by atoms with E-state index in [1.54, 1.807) is 0 Å². The molecule has 3 aromatic rings. The fourth-order valence-electron chi connectivity index (χ4n) is 7.55. The number of hydrogen-bond acceptors (Lipinski definition) is 3. The van der Waals surface area contributed by atoms with E-state index in [0.717, 1.165) is 60.1 Å². The minimum Gasteiger partial charge on any atom is -0.299 e. The second-order valence-electron chi connectivity index (χ2n) is 12.9. The van der Waals surface area contributed by atoms with E-state index in [1.165, 1.54) is 66.5 Å². The Balaban J connectivity index is 1.03. The average molecular weight is 638 g/mol. The zero-order chi connectivity index (χ0) is 29.8. The van der Waals surface area contributed by atoms with Gasteiger partial charge in [-0.05, 0) is 104 Å². The molecule has 1 aromatic heterocycles. The van der Waals surface area contributed by atoms with Crippen LogP contribution in [0.1, 0.15) is 128 Å². The first kappa shape index (κ1) is 30.2. The van der Waals surface area contributed by atoms with Gasteiger partial charge in [0, 0.05) is 34.3 Å². The maximum Gasteiger partial charge on any atom is 0.186 e. The number of likely N-dealkylation sites (tertiary alicyclic amines) is 1. The number of piperidine rings is 1. The van der Waals surface area contributed by atoms with Gasteiger partial charge in [-0.1, -0.05) is 103 Å². The fraction of sp³-hybridized carbons (Fsp3) is 0.436. The molecule has 1 atom stereocenters. The van der Waals surface area contributed by atoms with Crippen molar-refractivity contribution < 1.29 is 4.79 Å². The SMILES string of the molecule is CCC1C(CN2CCC(c3ccc(C(=O)C=C(C)c4ccc(C5CCCCCC5)cc4)cc3)CC2)=Cc2c(Br)ccnc21. The molecule has 43 heavy (non-hydrogen) atoms. The van der Waals surface area contributed by atoms with Crippen molar-refractivity contribution >= 4 is 33.4 Å². The van der Waals surface area contributed by atoms with E-state index >= 15 is 0 Å². The van der Waals surface area contributed by atoms with E-state index in [-0.39, 0.29) is 5.78 Å². The van der Waals surface area contributed by atoms with Crippen molar-refractivity contribution in [2.75, 3.05) is 19.6 Å². The lowest BCUT2D eigenvalue weighted by molar-refractivity contribution is 0.104. The van der Waals surface area contributed by atoms with Crippen molar-refractivity contribution in [3.63, 3.8) is 0 Å². The highest BCUT2D eigenvalue weighted by Crippen LogP contribution is 2.41. The van der Waals surface area contributed by atoms with Gasteiger partial charge in [0.05, 0.1) is 5.69 Å². The first-order valence-electron chi connectivity index (χ1n) is 16.5. The van der Waals surface area contributed by atoms with Gasteiger partial charge in [0.2, 0.25) is 0 Å². The molecular formula is C39H45BrN2O. The highest BCUT2D eigenvalue weighted by Gasteiger charge is 2.29. The third-order valence-corrected chi connectivity index (χ3v) is 10.9. The van der Waals surface area contributed by atoms with Crippen molar-refractivity contribution in [1.29, 1.82) is 0 Å². The number of allylic oxidation sites excluding steroid dienone is 2. The molecule has 224 valence electrons. The smallest absolute Gasteiger partial charge is 0.186 e. The number of ketones is 1. The largest absolute Gasteiger partial charge is 0.299 e. The molecule has 0 spiro atoms. The van der Waals surface area contributed by atoms with Crippen molar-refractivity contribution in [3.05, 3.63) is 110 Å². The summed E-state index contributed by atoms with van der Waals surface area (Å²) in [6, 6.07) is 19.5. The van der Waals surface area contributed by atoms with Crippen LogP contribution < -0.4 is 0 Å². The van der Waals surface area contributed by atoms with Gasteiger partial charge >= 0.3 is 0 Å².